The van der Waals surface area contributed by atoms with Crippen LogP contribution < -0.4 is 0 Å². The first kappa shape index (κ1) is 23.4. The van der Waals surface area contributed by atoms with Crippen molar-refractivity contribution in [3.8, 4) is 0 Å². The van der Waals surface area contributed by atoms with E-state index in [1.165, 1.54) is 4.90 Å². The number of carbonyl (C=O) groups excluding carboxylic acids is 3. The molecule has 0 atom stereocenters. The summed E-state index contributed by atoms with van der Waals surface area (Å²) in [5, 5.41) is 0. The number of ether oxygens (including phenoxy) is 3. The highest BCUT2D eigenvalue weighted by Crippen LogP contribution is 1.98. The fraction of sp³-hybridized carbons (Fsp3) is 0.833. The normalized spacial score (nSPS) is 10.6. The summed E-state index contributed by atoms with van der Waals surface area (Å²) in [5.74, 6) is -1.39. The van der Waals surface area contributed by atoms with Crippen LogP contribution in [0.5, 0.6) is 0 Å². The number of hydrogen-bond donors (Lipinski definition) is 0. The monoisotopic (exact) mass is 359 g/mol. The van der Waals surface area contributed by atoms with Crippen LogP contribution in [0.3, 0.4) is 0 Å². The Morgan fingerprint density at radius 3 is 1.12 bits per heavy atom. The van der Waals surface area contributed by atoms with Crippen molar-refractivity contribution in [3.63, 3.8) is 0 Å². The Labute approximate surface area is 151 Å². The van der Waals surface area contributed by atoms with Crippen molar-refractivity contribution in [2.45, 2.75) is 59.3 Å². The van der Waals surface area contributed by atoms with Crippen LogP contribution in [0.2, 0.25) is 0 Å². The van der Waals surface area contributed by atoms with Crippen LogP contribution in [-0.2, 0) is 28.6 Å². The van der Waals surface area contributed by atoms with Crippen molar-refractivity contribution < 1.29 is 28.6 Å². The van der Waals surface area contributed by atoms with Crippen LogP contribution in [-0.4, -0.2) is 62.3 Å². The van der Waals surface area contributed by atoms with Crippen molar-refractivity contribution in [3.05, 3.63) is 0 Å². The summed E-state index contributed by atoms with van der Waals surface area (Å²) in [4.78, 5) is 36.9. The van der Waals surface area contributed by atoms with Crippen molar-refractivity contribution in [1.82, 2.24) is 4.90 Å². The molecule has 0 amide bonds. The molecule has 0 aliphatic carbocycles. The Bertz CT molecular complexity index is 329. The van der Waals surface area contributed by atoms with E-state index in [4.69, 9.17) is 14.2 Å². The molecule has 0 aromatic rings. The standard InChI is InChI=1S/C18H33NO6/c1-4-7-10-23-16(20)13-19(14-17(21)24-11-8-5-2)15-18(22)25-12-9-6-3/h4-15H2,1-3H3. The number of rotatable bonds is 15. The predicted molar refractivity (Wildman–Crippen MR) is 94.0 cm³/mol. The van der Waals surface area contributed by atoms with Crippen LogP contribution >= 0.6 is 0 Å². The third-order valence-corrected chi connectivity index (χ3v) is 3.34. The molecule has 0 fully saturated rings. The van der Waals surface area contributed by atoms with Gasteiger partial charge in [-0.25, -0.2) is 0 Å². The summed E-state index contributed by atoms with van der Waals surface area (Å²) >= 11 is 0. The highest BCUT2D eigenvalue weighted by atomic mass is 16.5. The van der Waals surface area contributed by atoms with Crippen LogP contribution in [0, 0.1) is 0 Å². The van der Waals surface area contributed by atoms with Gasteiger partial charge in [-0.2, -0.15) is 0 Å². The van der Waals surface area contributed by atoms with Gasteiger partial charge in [0.1, 0.15) is 0 Å². The molecule has 0 spiro atoms. The first-order chi connectivity index (χ1) is 12.0. The lowest BCUT2D eigenvalue weighted by Crippen LogP contribution is -2.40. The first-order valence-electron chi connectivity index (χ1n) is 9.22. The summed E-state index contributed by atoms with van der Waals surface area (Å²) < 4.78 is 15.3. The molecule has 7 nitrogen and oxygen atoms in total. The second-order valence-electron chi connectivity index (χ2n) is 5.87. The number of nitrogens with zero attached hydrogens (tertiary/aromatic N) is 1. The fourth-order valence-electron chi connectivity index (χ4n) is 1.84. The molecule has 0 saturated heterocycles. The molecule has 0 unspecified atom stereocenters. The molecule has 146 valence electrons. The van der Waals surface area contributed by atoms with E-state index >= 15 is 0 Å². The largest absolute Gasteiger partial charge is 0.465 e. The van der Waals surface area contributed by atoms with Gasteiger partial charge in [0.2, 0.25) is 0 Å². The molecule has 0 aromatic heterocycles. The molecule has 0 radical (unpaired) electrons. The second kappa shape index (κ2) is 15.9. The lowest BCUT2D eigenvalue weighted by Gasteiger charge is -2.19. The van der Waals surface area contributed by atoms with Gasteiger partial charge in [-0.05, 0) is 19.3 Å². The fourth-order valence-corrected chi connectivity index (χ4v) is 1.84. The Hall–Kier alpha value is -1.63. The molecular weight excluding hydrogens is 326 g/mol. The number of esters is 3. The summed E-state index contributed by atoms with van der Waals surface area (Å²) in [6, 6.07) is 0. The zero-order valence-electron chi connectivity index (χ0n) is 15.9. The molecule has 0 aliphatic heterocycles. The molecule has 0 aliphatic rings. The van der Waals surface area contributed by atoms with E-state index in [0.29, 0.717) is 19.8 Å². The lowest BCUT2D eigenvalue weighted by molar-refractivity contribution is -0.152. The summed E-state index contributed by atoms with van der Waals surface area (Å²) in [6.45, 7) is 6.58. The van der Waals surface area contributed by atoms with E-state index < -0.39 is 17.9 Å². The molecule has 0 N–H and O–H groups in total. The average Bonchev–Trinajstić information content (AvgIpc) is 2.55. The minimum absolute atomic E-state index is 0.143. The molecular formula is C18H33NO6. The molecule has 25 heavy (non-hydrogen) atoms. The topological polar surface area (TPSA) is 82.1 Å². The number of carbonyl (C=O) groups is 3. The number of unbranched alkanes of at least 4 members (excludes halogenated alkanes) is 3. The molecule has 0 bridgehead atoms. The van der Waals surface area contributed by atoms with Gasteiger partial charge < -0.3 is 14.2 Å². The van der Waals surface area contributed by atoms with Crippen molar-refractivity contribution >= 4 is 17.9 Å². The number of hydrogen-bond acceptors (Lipinski definition) is 7. The van der Waals surface area contributed by atoms with E-state index in [0.717, 1.165) is 38.5 Å². The average molecular weight is 359 g/mol. The smallest absolute Gasteiger partial charge is 0.320 e. The molecule has 0 heterocycles. The van der Waals surface area contributed by atoms with Gasteiger partial charge in [0.05, 0.1) is 39.5 Å². The van der Waals surface area contributed by atoms with E-state index in [9.17, 15) is 14.4 Å². The third kappa shape index (κ3) is 14.4. The molecule has 0 aromatic carbocycles. The highest BCUT2D eigenvalue weighted by molar-refractivity contribution is 5.78. The van der Waals surface area contributed by atoms with Gasteiger partial charge in [0.15, 0.2) is 0 Å². The van der Waals surface area contributed by atoms with E-state index in [1.54, 1.807) is 0 Å². The zero-order chi connectivity index (χ0) is 18.9. The summed E-state index contributed by atoms with van der Waals surface area (Å²) in [7, 11) is 0. The van der Waals surface area contributed by atoms with Gasteiger partial charge >= 0.3 is 17.9 Å². The lowest BCUT2D eigenvalue weighted by atomic mass is 10.3. The Morgan fingerprint density at radius 2 is 0.880 bits per heavy atom. The van der Waals surface area contributed by atoms with Crippen LogP contribution in [0.25, 0.3) is 0 Å². The third-order valence-electron chi connectivity index (χ3n) is 3.34. The minimum Gasteiger partial charge on any atom is -0.465 e. The molecule has 7 heteroatoms. The van der Waals surface area contributed by atoms with Gasteiger partial charge in [0, 0.05) is 0 Å². The van der Waals surface area contributed by atoms with Crippen LogP contribution in [0.1, 0.15) is 59.3 Å². The van der Waals surface area contributed by atoms with Gasteiger partial charge in [-0.15, -0.1) is 0 Å². The quantitative estimate of drug-likeness (QED) is 0.252. The van der Waals surface area contributed by atoms with E-state index in [1.807, 2.05) is 20.8 Å². The van der Waals surface area contributed by atoms with E-state index in [-0.39, 0.29) is 19.6 Å². The Kier molecular flexibility index (Phi) is 14.8. The van der Waals surface area contributed by atoms with Crippen molar-refractivity contribution in [2.75, 3.05) is 39.5 Å². The second-order valence-corrected chi connectivity index (χ2v) is 5.87. The van der Waals surface area contributed by atoms with Gasteiger partial charge in [-0.1, -0.05) is 40.0 Å². The van der Waals surface area contributed by atoms with E-state index in [2.05, 4.69) is 0 Å². The maximum Gasteiger partial charge on any atom is 0.320 e. The Balaban J connectivity index is 4.44. The van der Waals surface area contributed by atoms with Crippen molar-refractivity contribution in [1.29, 1.82) is 0 Å². The summed E-state index contributed by atoms with van der Waals surface area (Å²) in [6.07, 6.45) is 5.11. The zero-order valence-corrected chi connectivity index (χ0v) is 15.9. The predicted octanol–water partition coefficient (Wildman–Crippen LogP) is 2.32. The molecule has 0 rings (SSSR count). The molecule has 0 saturated carbocycles. The Morgan fingerprint density at radius 1 is 0.600 bits per heavy atom. The van der Waals surface area contributed by atoms with Gasteiger partial charge in [0.25, 0.3) is 0 Å². The van der Waals surface area contributed by atoms with Crippen molar-refractivity contribution in [2.24, 2.45) is 0 Å². The maximum absolute atomic E-state index is 11.8. The van der Waals surface area contributed by atoms with Gasteiger partial charge in [-0.3, -0.25) is 19.3 Å². The summed E-state index contributed by atoms with van der Waals surface area (Å²) in [5.41, 5.74) is 0. The minimum atomic E-state index is -0.462. The van der Waals surface area contributed by atoms with Crippen LogP contribution in [0.4, 0.5) is 0 Å². The highest BCUT2D eigenvalue weighted by Gasteiger charge is 2.20. The maximum atomic E-state index is 11.8. The SMILES string of the molecule is CCCCOC(=O)CN(CC(=O)OCCCC)CC(=O)OCCCC. The van der Waals surface area contributed by atoms with Crippen LogP contribution in [0.15, 0.2) is 0 Å². The first-order valence-corrected chi connectivity index (χ1v) is 9.22.